The van der Waals surface area contributed by atoms with Crippen LogP contribution in [0.15, 0.2) is 9.22 Å². The molecule has 0 aromatic carbocycles. The third kappa shape index (κ3) is 1.49. The van der Waals surface area contributed by atoms with Crippen molar-refractivity contribution in [2.75, 3.05) is 0 Å². The van der Waals surface area contributed by atoms with Crippen LogP contribution in [0.2, 0.25) is 0 Å². The summed E-state index contributed by atoms with van der Waals surface area (Å²) < 4.78 is 4.91. The van der Waals surface area contributed by atoms with E-state index >= 15 is 0 Å². The number of nitrogens with two attached hydrogens (primary N) is 1. The van der Waals surface area contributed by atoms with E-state index in [0.717, 1.165) is 0 Å². The summed E-state index contributed by atoms with van der Waals surface area (Å²) in [5, 5.41) is 7.18. The SMILES string of the molecule is C[C@H](N)c1nnc(Br)o1. The molecule has 5 heteroatoms. The average molecular weight is 192 g/mol. The topological polar surface area (TPSA) is 64.9 Å². The summed E-state index contributed by atoms with van der Waals surface area (Å²) in [7, 11) is 0. The van der Waals surface area contributed by atoms with Crippen LogP contribution in [0.1, 0.15) is 18.9 Å². The van der Waals surface area contributed by atoms with Crippen LogP contribution in [0.5, 0.6) is 0 Å². The second-order valence-corrected chi connectivity index (χ2v) is 2.36. The smallest absolute Gasteiger partial charge is 0.284 e. The monoisotopic (exact) mass is 191 g/mol. The van der Waals surface area contributed by atoms with Crippen molar-refractivity contribution in [3.05, 3.63) is 10.7 Å². The molecule has 0 saturated heterocycles. The minimum Gasteiger partial charge on any atom is -0.414 e. The lowest BCUT2D eigenvalue weighted by Crippen LogP contribution is -2.04. The molecule has 9 heavy (non-hydrogen) atoms. The highest BCUT2D eigenvalue weighted by molar-refractivity contribution is 9.10. The van der Waals surface area contributed by atoms with Gasteiger partial charge in [0.1, 0.15) is 0 Å². The Balaban J connectivity index is 2.85. The van der Waals surface area contributed by atoms with Crippen molar-refractivity contribution in [1.82, 2.24) is 10.2 Å². The van der Waals surface area contributed by atoms with Crippen LogP contribution in [0, 0.1) is 0 Å². The van der Waals surface area contributed by atoms with Crippen LogP contribution < -0.4 is 5.73 Å². The summed E-state index contributed by atoms with van der Waals surface area (Å²) in [6, 6.07) is -0.191. The van der Waals surface area contributed by atoms with Crippen molar-refractivity contribution in [3.8, 4) is 0 Å². The van der Waals surface area contributed by atoms with Crippen LogP contribution in [0.25, 0.3) is 0 Å². The Morgan fingerprint density at radius 2 is 2.33 bits per heavy atom. The summed E-state index contributed by atoms with van der Waals surface area (Å²) >= 11 is 3.00. The van der Waals surface area contributed by atoms with Crippen molar-refractivity contribution >= 4 is 15.9 Å². The normalized spacial score (nSPS) is 13.7. The number of hydrogen-bond acceptors (Lipinski definition) is 4. The maximum absolute atomic E-state index is 5.41. The molecule has 0 aliphatic carbocycles. The fraction of sp³-hybridized carbons (Fsp3) is 0.500. The zero-order valence-electron chi connectivity index (χ0n) is 4.84. The third-order valence-corrected chi connectivity index (χ3v) is 1.13. The first kappa shape index (κ1) is 6.70. The molecule has 0 radical (unpaired) electrons. The molecule has 0 spiro atoms. The molecule has 0 amide bonds. The predicted octanol–water partition coefficient (Wildman–Crippen LogP) is 0.852. The minimum absolute atomic E-state index is 0.191. The van der Waals surface area contributed by atoms with Gasteiger partial charge in [-0.2, -0.15) is 0 Å². The van der Waals surface area contributed by atoms with Crippen LogP contribution in [-0.2, 0) is 0 Å². The van der Waals surface area contributed by atoms with E-state index in [1.54, 1.807) is 6.92 Å². The van der Waals surface area contributed by atoms with E-state index < -0.39 is 0 Å². The number of rotatable bonds is 1. The predicted molar refractivity (Wildman–Crippen MR) is 34.6 cm³/mol. The molecule has 0 saturated carbocycles. The van der Waals surface area contributed by atoms with Crippen LogP contribution in [0.4, 0.5) is 0 Å². The Kier molecular flexibility index (Phi) is 1.82. The van der Waals surface area contributed by atoms with Crippen LogP contribution in [-0.4, -0.2) is 10.2 Å². The molecule has 1 rings (SSSR count). The van der Waals surface area contributed by atoms with Crippen LogP contribution in [0.3, 0.4) is 0 Å². The van der Waals surface area contributed by atoms with Gasteiger partial charge in [-0.25, -0.2) is 0 Å². The molecule has 0 fully saturated rings. The maximum Gasteiger partial charge on any atom is 0.284 e. The Bertz CT molecular complexity index is 197. The average Bonchev–Trinajstić information content (AvgIpc) is 2.14. The second-order valence-electron chi connectivity index (χ2n) is 1.68. The molecular weight excluding hydrogens is 186 g/mol. The summed E-state index contributed by atoms with van der Waals surface area (Å²) in [6.07, 6.45) is 0. The van der Waals surface area contributed by atoms with Crippen molar-refractivity contribution in [2.45, 2.75) is 13.0 Å². The van der Waals surface area contributed by atoms with Crippen LogP contribution >= 0.6 is 15.9 Å². The molecule has 50 valence electrons. The largest absolute Gasteiger partial charge is 0.414 e. The number of hydrogen-bond donors (Lipinski definition) is 1. The van der Waals surface area contributed by atoms with Gasteiger partial charge < -0.3 is 10.2 Å². The third-order valence-electron chi connectivity index (χ3n) is 0.805. The number of nitrogens with zero attached hydrogens (tertiary/aromatic N) is 2. The molecule has 4 nitrogen and oxygen atoms in total. The van der Waals surface area contributed by atoms with Crippen molar-refractivity contribution in [1.29, 1.82) is 0 Å². The molecule has 0 aliphatic heterocycles. The Morgan fingerprint density at radius 3 is 2.56 bits per heavy atom. The first-order chi connectivity index (χ1) is 4.20. The standard InChI is InChI=1S/C4H6BrN3O/c1-2(6)3-7-8-4(5)9-3/h2H,6H2,1H3/t2-/m0/s1. The molecule has 0 unspecified atom stereocenters. The van der Waals surface area contributed by atoms with Gasteiger partial charge in [-0.1, -0.05) is 0 Å². The fourth-order valence-corrected chi connectivity index (χ4v) is 0.645. The molecule has 0 bridgehead atoms. The molecule has 1 aromatic rings. The van der Waals surface area contributed by atoms with Gasteiger partial charge in [0, 0.05) is 15.9 Å². The lowest BCUT2D eigenvalue weighted by molar-refractivity contribution is 0.445. The van der Waals surface area contributed by atoms with Gasteiger partial charge in [0.15, 0.2) is 0 Å². The van der Waals surface area contributed by atoms with Crippen molar-refractivity contribution < 1.29 is 4.42 Å². The zero-order chi connectivity index (χ0) is 6.85. The van der Waals surface area contributed by atoms with Crippen molar-refractivity contribution in [2.24, 2.45) is 5.73 Å². The van der Waals surface area contributed by atoms with E-state index in [-0.39, 0.29) is 6.04 Å². The highest BCUT2D eigenvalue weighted by Crippen LogP contribution is 2.11. The van der Waals surface area contributed by atoms with E-state index in [1.807, 2.05) is 0 Å². The van der Waals surface area contributed by atoms with Gasteiger partial charge in [0.2, 0.25) is 5.89 Å². The molecule has 2 N–H and O–H groups in total. The first-order valence-corrected chi connectivity index (χ1v) is 3.24. The van der Waals surface area contributed by atoms with E-state index in [9.17, 15) is 0 Å². The van der Waals surface area contributed by atoms with Gasteiger partial charge in [0.05, 0.1) is 6.04 Å². The zero-order valence-corrected chi connectivity index (χ0v) is 6.42. The Hall–Kier alpha value is -0.420. The molecule has 1 heterocycles. The van der Waals surface area contributed by atoms with E-state index in [4.69, 9.17) is 10.2 Å². The van der Waals surface area contributed by atoms with E-state index in [0.29, 0.717) is 10.7 Å². The van der Waals surface area contributed by atoms with Gasteiger partial charge >= 0.3 is 0 Å². The summed E-state index contributed by atoms with van der Waals surface area (Å²) in [6.45, 7) is 1.78. The van der Waals surface area contributed by atoms with Crippen molar-refractivity contribution in [3.63, 3.8) is 0 Å². The van der Waals surface area contributed by atoms with Gasteiger partial charge in [-0.05, 0) is 6.92 Å². The van der Waals surface area contributed by atoms with Gasteiger partial charge in [0.25, 0.3) is 4.80 Å². The number of aromatic nitrogens is 2. The maximum atomic E-state index is 5.41. The highest BCUT2D eigenvalue weighted by Gasteiger charge is 2.06. The molecule has 1 aromatic heterocycles. The summed E-state index contributed by atoms with van der Waals surface area (Å²) in [4.78, 5) is 0.370. The fourth-order valence-electron chi connectivity index (χ4n) is 0.400. The first-order valence-electron chi connectivity index (χ1n) is 2.44. The summed E-state index contributed by atoms with van der Waals surface area (Å²) in [5.41, 5.74) is 5.41. The Labute approximate surface area is 60.6 Å². The molecular formula is C4H6BrN3O. The second kappa shape index (κ2) is 2.45. The van der Waals surface area contributed by atoms with Gasteiger partial charge in [-0.15, -0.1) is 10.2 Å². The Morgan fingerprint density at radius 1 is 1.67 bits per heavy atom. The molecule has 1 atom stereocenters. The summed E-state index contributed by atoms with van der Waals surface area (Å²) in [5.74, 6) is 0.446. The molecule has 0 aliphatic rings. The minimum atomic E-state index is -0.191. The quantitative estimate of drug-likeness (QED) is 0.716. The van der Waals surface area contributed by atoms with Gasteiger partial charge in [-0.3, -0.25) is 0 Å². The lowest BCUT2D eigenvalue weighted by Gasteiger charge is -1.92. The number of halogens is 1. The van der Waals surface area contributed by atoms with E-state index in [1.165, 1.54) is 0 Å². The lowest BCUT2D eigenvalue weighted by atomic mass is 10.4. The highest BCUT2D eigenvalue weighted by atomic mass is 79.9. The van der Waals surface area contributed by atoms with E-state index in [2.05, 4.69) is 26.1 Å².